The number of nitrogen functional groups attached to an aromatic ring is 1. The van der Waals surface area contributed by atoms with Crippen LogP contribution in [-0.4, -0.2) is 31.9 Å². The molecule has 2 N–H and O–H groups in total. The first-order chi connectivity index (χ1) is 12.1. The molecule has 0 aliphatic rings. The number of aromatic nitrogens is 4. The minimum atomic E-state index is -0.555. The van der Waals surface area contributed by atoms with Gasteiger partial charge in [0, 0.05) is 24.2 Å². The number of hydrogen-bond donors (Lipinski definition) is 1. The summed E-state index contributed by atoms with van der Waals surface area (Å²) in [6, 6.07) is 6.82. The molecule has 0 fully saturated rings. The van der Waals surface area contributed by atoms with Crippen LogP contribution in [0.3, 0.4) is 0 Å². The van der Waals surface area contributed by atoms with E-state index in [2.05, 4.69) is 15.0 Å². The zero-order valence-electron chi connectivity index (χ0n) is 13.4. The molecule has 0 aromatic carbocycles. The van der Waals surface area contributed by atoms with Crippen LogP contribution in [0.2, 0.25) is 0 Å². The lowest BCUT2D eigenvalue weighted by atomic mass is 10.3. The maximum Gasteiger partial charge on any atom is 0.343 e. The van der Waals surface area contributed by atoms with E-state index in [9.17, 15) is 9.59 Å². The van der Waals surface area contributed by atoms with Gasteiger partial charge in [-0.1, -0.05) is 17.8 Å². The van der Waals surface area contributed by atoms with Crippen LogP contribution in [0.4, 0.5) is 5.82 Å². The largest absolute Gasteiger partial charge is 0.462 e. The first-order valence-corrected chi connectivity index (χ1v) is 8.47. The lowest BCUT2D eigenvalue weighted by Crippen LogP contribution is -2.14. The van der Waals surface area contributed by atoms with Gasteiger partial charge in [-0.05, 0) is 19.1 Å². The fraction of sp³-hybridized carbons (Fsp3) is 0.188. The molecule has 3 rings (SSSR count). The molecule has 0 saturated carbocycles. The van der Waals surface area contributed by atoms with Crippen molar-refractivity contribution in [1.29, 1.82) is 0 Å². The van der Waals surface area contributed by atoms with E-state index in [0.717, 1.165) is 0 Å². The second kappa shape index (κ2) is 7.31. The van der Waals surface area contributed by atoms with E-state index in [1.54, 1.807) is 25.3 Å². The molecule has 3 heterocycles. The van der Waals surface area contributed by atoms with E-state index in [4.69, 9.17) is 10.5 Å². The molecule has 0 aliphatic carbocycles. The molecule has 3 aromatic rings. The van der Waals surface area contributed by atoms with Gasteiger partial charge < -0.3 is 10.5 Å². The summed E-state index contributed by atoms with van der Waals surface area (Å²) >= 11 is 1.27. The highest BCUT2D eigenvalue weighted by molar-refractivity contribution is 7.98. The van der Waals surface area contributed by atoms with E-state index >= 15 is 0 Å². The van der Waals surface area contributed by atoms with Crippen molar-refractivity contribution >= 4 is 29.2 Å². The maximum atomic E-state index is 12.1. The van der Waals surface area contributed by atoms with E-state index in [1.165, 1.54) is 28.4 Å². The van der Waals surface area contributed by atoms with Crippen LogP contribution in [0.25, 0.3) is 5.65 Å². The van der Waals surface area contributed by atoms with Gasteiger partial charge in [-0.25, -0.2) is 19.7 Å². The number of nitrogens with zero attached hydrogens (tertiary/aromatic N) is 4. The summed E-state index contributed by atoms with van der Waals surface area (Å²) in [5.41, 5.74) is 6.95. The highest BCUT2D eigenvalue weighted by atomic mass is 32.2. The van der Waals surface area contributed by atoms with Crippen LogP contribution in [-0.2, 0) is 10.5 Å². The summed E-state index contributed by atoms with van der Waals surface area (Å²) in [5, 5.41) is 0.389. The van der Waals surface area contributed by atoms with Crippen LogP contribution < -0.4 is 11.3 Å². The van der Waals surface area contributed by atoms with Gasteiger partial charge in [-0.15, -0.1) is 0 Å². The van der Waals surface area contributed by atoms with Crippen LogP contribution in [0, 0.1) is 0 Å². The quantitative estimate of drug-likeness (QED) is 0.416. The maximum absolute atomic E-state index is 12.1. The van der Waals surface area contributed by atoms with Gasteiger partial charge in [-0.3, -0.25) is 9.20 Å². The summed E-state index contributed by atoms with van der Waals surface area (Å²) in [6.45, 7) is 1.95. The number of carbonyl (C=O) groups is 1. The van der Waals surface area contributed by atoms with Crippen LogP contribution in [0.1, 0.15) is 23.0 Å². The highest BCUT2D eigenvalue weighted by Crippen LogP contribution is 2.20. The molecule has 0 spiro atoms. The summed E-state index contributed by atoms with van der Waals surface area (Å²) in [5.74, 6) is -0.0954. The number of nitrogens with two attached hydrogens (primary N) is 1. The van der Waals surface area contributed by atoms with Gasteiger partial charge in [0.1, 0.15) is 17.0 Å². The first kappa shape index (κ1) is 16.9. The number of thioether (sulfide) groups is 1. The van der Waals surface area contributed by atoms with Crippen molar-refractivity contribution in [1.82, 2.24) is 19.4 Å². The third kappa shape index (κ3) is 3.77. The van der Waals surface area contributed by atoms with Crippen LogP contribution in [0.5, 0.6) is 0 Å². The van der Waals surface area contributed by atoms with Crippen LogP contribution >= 0.6 is 11.8 Å². The van der Waals surface area contributed by atoms with Crippen molar-refractivity contribution in [2.45, 2.75) is 17.8 Å². The molecule has 0 unspecified atom stereocenters. The third-order valence-corrected chi connectivity index (χ3v) is 4.16. The highest BCUT2D eigenvalue weighted by Gasteiger charge is 2.14. The van der Waals surface area contributed by atoms with Gasteiger partial charge in [0.15, 0.2) is 5.16 Å². The second-order valence-electron chi connectivity index (χ2n) is 4.98. The number of rotatable bonds is 5. The second-order valence-corrected chi connectivity index (χ2v) is 5.92. The summed E-state index contributed by atoms with van der Waals surface area (Å²) in [7, 11) is 0. The zero-order chi connectivity index (χ0) is 17.8. The van der Waals surface area contributed by atoms with Gasteiger partial charge >= 0.3 is 5.97 Å². The Labute approximate surface area is 147 Å². The fourth-order valence-electron chi connectivity index (χ4n) is 2.13. The molecule has 25 heavy (non-hydrogen) atoms. The van der Waals surface area contributed by atoms with Gasteiger partial charge in [0.25, 0.3) is 5.56 Å². The minimum absolute atomic E-state index is 0.0579. The normalized spacial score (nSPS) is 10.8. The Morgan fingerprint density at radius 2 is 2.20 bits per heavy atom. The summed E-state index contributed by atoms with van der Waals surface area (Å²) in [6.07, 6.45) is 3.00. The minimum Gasteiger partial charge on any atom is -0.462 e. The standard InChI is InChI=1S/C16H15N5O3S/c1-2-24-15(23)11-8-18-16(20-14(11)17)25-9-10-7-13(22)21-6-4-3-5-12(21)19-10/h3-8H,2,9H2,1H3,(H2,17,18,20). The van der Waals surface area contributed by atoms with Gasteiger partial charge in [0.2, 0.25) is 0 Å². The number of carbonyl (C=O) groups excluding carboxylic acids is 1. The number of hydrogen-bond acceptors (Lipinski definition) is 8. The van der Waals surface area contributed by atoms with Crippen molar-refractivity contribution in [2.24, 2.45) is 0 Å². The Kier molecular flexibility index (Phi) is 4.94. The number of ether oxygens (including phenoxy) is 1. The number of anilines is 1. The molecule has 0 aliphatic heterocycles. The molecular formula is C16H15N5O3S. The molecule has 3 aromatic heterocycles. The van der Waals surface area contributed by atoms with Gasteiger partial charge in [0.05, 0.1) is 12.3 Å². The van der Waals surface area contributed by atoms with E-state index in [-0.39, 0.29) is 23.5 Å². The molecule has 0 amide bonds. The van der Waals surface area contributed by atoms with E-state index < -0.39 is 5.97 Å². The number of esters is 1. The molecular weight excluding hydrogens is 342 g/mol. The monoisotopic (exact) mass is 357 g/mol. The SMILES string of the molecule is CCOC(=O)c1cnc(SCc2cc(=O)n3ccccc3n2)nc1N. The average molecular weight is 357 g/mol. The molecule has 0 atom stereocenters. The first-order valence-electron chi connectivity index (χ1n) is 7.48. The predicted octanol–water partition coefficient (Wildman–Crippen LogP) is 1.54. The fourth-order valence-corrected chi connectivity index (χ4v) is 2.84. The van der Waals surface area contributed by atoms with E-state index in [1.807, 2.05) is 6.07 Å². The van der Waals surface area contributed by atoms with Crippen molar-refractivity contribution in [3.63, 3.8) is 0 Å². The number of pyridine rings is 1. The Balaban J connectivity index is 1.77. The third-order valence-electron chi connectivity index (χ3n) is 3.26. The van der Waals surface area contributed by atoms with Crippen molar-refractivity contribution in [3.05, 3.63) is 58.3 Å². The summed E-state index contributed by atoms with van der Waals surface area (Å²) in [4.78, 5) is 36.4. The van der Waals surface area contributed by atoms with Crippen molar-refractivity contribution in [2.75, 3.05) is 12.3 Å². The lowest BCUT2D eigenvalue weighted by Gasteiger charge is -2.06. The number of fused-ring (bicyclic) bond motifs is 1. The molecule has 0 saturated heterocycles. The van der Waals surface area contributed by atoms with E-state index in [0.29, 0.717) is 22.3 Å². The smallest absolute Gasteiger partial charge is 0.343 e. The Morgan fingerprint density at radius 1 is 1.36 bits per heavy atom. The lowest BCUT2D eigenvalue weighted by molar-refractivity contribution is 0.0526. The Hall–Kier alpha value is -2.94. The van der Waals surface area contributed by atoms with Gasteiger partial charge in [-0.2, -0.15) is 0 Å². The van der Waals surface area contributed by atoms with Crippen LogP contribution in [0.15, 0.2) is 46.6 Å². The molecule has 9 heteroatoms. The predicted molar refractivity (Wildman–Crippen MR) is 93.4 cm³/mol. The summed E-state index contributed by atoms with van der Waals surface area (Å²) < 4.78 is 6.35. The Morgan fingerprint density at radius 3 is 2.96 bits per heavy atom. The Bertz CT molecular complexity index is 989. The topological polar surface area (TPSA) is 112 Å². The zero-order valence-corrected chi connectivity index (χ0v) is 14.2. The molecule has 0 radical (unpaired) electrons. The van der Waals surface area contributed by atoms with Crippen molar-refractivity contribution < 1.29 is 9.53 Å². The molecule has 0 bridgehead atoms. The molecule has 8 nitrogen and oxygen atoms in total. The molecule has 128 valence electrons. The van der Waals surface area contributed by atoms with Crippen molar-refractivity contribution in [3.8, 4) is 0 Å². The average Bonchev–Trinajstić information content (AvgIpc) is 2.60.